The lowest BCUT2D eigenvalue weighted by atomic mass is 10.1. The Bertz CT molecular complexity index is 606. The first-order valence-corrected chi connectivity index (χ1v) is 6.90. The predicted molar refractivity (Wildman–Crippen MR) is 80.4 cm³/mol. The molecule has 0 spiro atoms. The molecule has 6 heteroatoms. The van der Waals surface area contributed by atoms with Gasteiger partial charge in [-0.2, -0.15) is 0 Å². The number of nitrogens with one attached hydrogen (secondary N) is 2. The van der Waals surface area contributed by atoms with E-state index in [0.717, 1.165) is 11.3 Å². The summed E-state index contributed by atoms with van der Waals surface area (Å²) in [5.74, 6) is 0.453. The molecule has 0 atom stereocenters. The van der Waals surface area contributed by atoms with Crippen LogP contribution >= 0.6 is 0 Å². The second-order valence-corrected chi connectivity index (χ2v) is 4.63. The number of esters is 1. The van der Waals surface area contributed by atoms with Gasteiger partial charge in [0.15, 0.2) is 0 Å². The molecule has 1 aromatic carbocycles. The summed E-state index contributed by atoms with van der Waals surface area (Å²) in [6, 6.07) is 10.3. The second kappa shape index (κ2) is 7.87. The maximum absolute atomic E-state index is 11.6. The third-order valence-corrected chi connectivity index (χ3v) is 3.07. The Balaban J connectivity index is 1.70. The minimum atomic E-state index is -0.379. The molecule has 1 heterocycles. The maximum atomic E-state index is 11.6. The van der Waals surface area contributed by atoms with Crippen LogP contribution < -0.4 is 10.6 Å². The van der Waals surface area contributed by atoms with Gasteiger partial charge in [-0.3, -0.25) is 0 Å². The van der Waals surface area contributed by atoms with Crippen molar-refractivity contribution in [1.29, 1.82) is 0 Å². The van der Waals surface area contributed by atoms with Gasteiger partial charge in [-0.15, -0.1) is 0 Å². The number of hydrogen-bond acceptors (Lipinski definition) is 4. The molecule has 22 heavy (non-hydrogen) atoms. The minimum Gasteiger partial charge on any atom is -0.469 e. The Kier molecular flexibility index (Phi) is 5.59. The largest absolute Gasteiger partial charge is 0.469 e. The lowest BCUT2D eigenvalue weighted by Gasteiger charge is -2.07. The van der Waals surface area contributed by atoms with Gasteiger partial charge < -0.3 is 19.8 Å². The molecule has 0 aliphatic heterocycles. The van der Waals surface area contributed by atoms with Gasteiger partial charge in [0.2, 0.25) is 0 Å². The normalized spacial score (nSPS) is 10.0. The fourth-order valence-electron chi connectivity index (χ4n) is 1.88. The number of methoxy groups -OCH3 is 1. The Labute approximate surface area is 128 Å². The van der Waals surface area contributed by atoms with E-state index in [4.69, 9.17) is 4.42 Å². The SMILES string of the molecule is COC(=O)c1ccc(CNC(=O)NCCc2ccco2)cc1. The van der Waals surface area contributed by atoms with E-state index in [1.54, 1.807) is 30.5 Å². The van der Waals surface area contributed by atoms with Crippen molar-refractivity contribution in [3.8, 4) is 0 Å². The van der Waals surface area contributed by atoms with Crippen molar-refractivity contribution < 1.29 is 18.7 Å². The first kappa shape index (κ1) is 15.6. The summed E-state index contributed by atoms with van der Waals surface area (Å²) in [5.41, 5.74) is 1.38. The van der Waals surface area contributed by atoms with Gasteiger partial charge in [-0.1, -0.05) is 12.1 Å². The zero-order valence-corrected chi connectivity index (χ0v) is 12.3. The molecule has 0 aliphatic carbocycles. The van der Waals surface area contributed by atoms with Crippen LogP contribution in [-0.4, -0.2) is 25.7 Å². The van der Waals surface area contributed by atoms with Gasteiger partial charge >= 0.3 is 12.0 Å². The van der Waals surface area contributed by atoms with Crippen molar-refractivity contribution in [3.05, 3.63) is 59.5 Å². The highest BCUT2D eigenvalue weighted by molar-refractivity contribution is 5.89. The summed E-state index contributed by atoms with van der Waals surface area (Å²) in [6.07, 6.45) is 2.25. The number of urea groups is 1. The van der Waals surface area contributed by atoms with E-state index in [-0.39, 0.29) is 12.0 Å². The van der Waals surface area contributed by atoms with E-state index in [2.05, 4.69) is 15.4 Å². The van der Waals surface area contributed by atoms with Crippen molar-refractivity contribution in [2.24, 2.45) is 0 Å². The molecule has 2 amide bonds. The number of hydrogen-bond donors (Lipinski definition) is 2. The van der Waals surface area contributed by atoms with Crippen LogP contribution in [0.3, 0.4) is 0 Å². The van der Waals surface area contributed by atoms with Gasteiger partial charge in [0, 0.05) is 19.5 Å². The van der Waals surface area contributed by atoms with Crippen LogP contribution in [0.15, 0.2) is 47.1 Å². The molecule has 6 nitrogen and oxygen atoms in total. The molecule has 0 saturated heterocycles. The van der Waals surface area contributed by atoms with E-state index in [1.807, 2.05) is 12.1 Å². The molecular formula is C16H18N2O4. The smallest absolute Gasteiger partial charge is 0.337 e. The Morgan fingerprint density at radius 3 is 2.55 bits per heavy atom. The molecule has 2 rings (SSSR count). The third kappa shape index (κ3) is 4.66. The zero-order chi connectivity index (χ0) is 15.8. The van der Waals surface area contributed by atoms with Gasteiger partial charge in [0.05, 0.1) is 18.9 Å². The monoisotopic (exact) mass is 302 g/mol. The van der Waals surface area contributed by atoms with Crippen LogP contribution in [0.25, 0.3) is 0 Å². The number of ether oxygens (including phenoxy) is 1. The highest BCUT2D eigenvalue weighted by atomic mass is 16.5. The molecular weight excluding hydrogens is 284 g/mol. The first-order valence-electron chi connectivity index (χ1n) is 6.90. The quantitative estimate of drug-likeness (QED) is 0.801. The highest BCUT2D eigenvalue weighted by Crippen LogP contribution is 2.05. The van der Waals surface area contributed by atoms with Crippen molar-refractivity contribution in [2.75, 3.05) is 13.7 Å². The molecule has 0 bridgehead atoms. The zero-order valence-electron chi connectivity index (χ0n) is 12.3. The summed E-state index contributed by atoms with van der Waals surface area (Å²) in [6.45, 7) is 0.884. The number of amides is 2. The summed E-state index contributed by atoms with van der Waals surface area (Å²) in [7, 11) is 1.34. The van der Waals surface area contributed by atoms with Crippen LogP contribution in [0.5, 0.6) is 0 Å². The molecule has 0 saturated carbocycles. The standard InChI is InChI=1S/C16H18N2O4/c1-21-15(19)13-6-4-12(5-7-13)11-18-16(20)17-9-8-14-3-2-10-22-14/h2-7,10H,8-9,11H2,1H3,(H2,17,18,20). The number of benzene rings is 1. The van der Waals surface area contributed by atoms with E-state index in [1.165, 1.54) is 7.11 Å². The predicted octanol–water partition coefficient (Wildman–Crippen LogP) is 2.11. The average molecular weight is 302 g/mol. The van der Waals surface area contributed by atoms with Crippen molar-refractivity contribution >= 4 is 12.0 Å². The van der Waals surface area contributed by atoms with Crippen LogP contribution in [0.2, 0.25) is 0 Å². The van der Waals surface area contributed by atoms with Crippen LogP contribution in [-0.2, 0) is 17.7 Å². The van der Waals surface area contributed by atoms with E-state index < -0.39 is 0 Å². The molecule has 2 aromatic rings. The minimum absolute atomic E-state index is 0.247. The summed E-state index contributed by atoms with van der Waals surface area (Å²) < 4.78 is 9.80. The number of furan rings is 1. The fourth-order valence-corrected chi connectivity index (χ4v) is 1.88. The Hall–Kier alpha value is -2.76. The highest BCUT2D eigenvalue weighted by Gasteiger charge is 2.05. The molecule has 0 aliphatic rings. The number of rotatable bonds is 6. The molecule has 2 N–H and O–H groups in total. The second-order valence-electron chi connectivity index (χ2n) is 4.63. The van der Waals surface area contributed by atoms with E-state index in [9.17, 15) is 9.59 Å². The molecule has 1 aromatic heterocycles. The fraction of sp³-hybridized carbons (Fsp3) is 0.250. The topological polar surface area (TPSA) is 80.6 Å². The molecule has 0 radical (unpaired) electrons. The van der Waals surface area contributed by atoms with Gasteiger partial charge in [-0.05, 0) is 29.8 Å². The third-order valence-electron chi connectivity index (χ3n) is 3.07. The molecule has 116 valence electrons. The van der Waals surface area contributed by atoms with Crippen molar-refractivity contribution in [1.82, 2.24) is 10.6 Å². The van der Waals surface area contributed by atoms with Crippen molar-refractivity contribution in [3.63, 3.8) is 0 Å². The summed E-state index contributed by atoms with van der Waals surface area (Å²) in [4.78, 5) is 22.9. The van der Waals surface area contributed by atoms with Crippen LogP contribution in [0.1, 0.15) is 21.7 Å². The van der Waals surface area contributed by atoms with E-state index >= 15 is 0 Å². The van der Waals surface area contributed by atoms with Crippen molar-refractivity contribution in [2.45, 2.75) is 13.0 Å². The Morgan fingerprint density at radius 1 is 1.14 bits per heavy atom. The Morgan fingerprint density at radius 2 is 1.91 bits per heavy atom. The maximum Gasteiger partial charge on any atom is 0.337 e. The first-order chi connectivity index (χ1) is 10.7. The summed E-state index contributed by atoms with van der Waals surface area (Å²) >= 11 is 0. The van der Waals surface area contributed by atoms with Crippen LogP contribution in [0, 0.1) is 0 Å². The molecule has 0 unspecified atom stereocenters. The number of carbonyl (C=O) groups excluding carboxylic acids is 2. The lowest BCUT2D eigenvalue weighted by Crippen LogP contribution is -2.36. The summed E-state index contributed by atoms with van der Waals surface area (Å²) in [5, 5.41) is 5.49. The lowest BCUT2D eigenvalue weighted by molar-refractivity contribution is 0.0600. The molecule has 0 fully saturated rings. The average Bonchev–Trinajstić information content (AvgIpc) is 3.06. The number of carbonyl (C=O) groups is 2. The van der Waals surface area contributed by atoms with E-state index in [0.29, 0.717) is 25.1 Å². The van der Waals surface area contributed by atoms with Crippen LogP contribution in [0.4, 0.5) is 4.79 Å². The van der Waals surface area contributed by atoms with Gasteiger partial charge in [0.1, 0.15) is 5.76 Å². The van der Waals surface area contributed by atoms with Gasteiger partial charge in [-0.25, -0.2) is 9.59 Å². The van der Waals surface area contributed by atoms with Gasteiger partial charge in [0.25, 0.3) is 0 Å².